The molecule has 118 valence electrons. The molecule has 0 aliphatic carbocycles. The molecule has 1 amide bonds. The molecule has 0 fully saturated rings. The van der Waals surface area contributed by atoms with Crippen molar-refractivity contribution in [1.29, 1.82) is 0 Å². The van der Waals surface area contributed by atoms with E-state index < -0.39 is 10.5 Å². The number of nitrogens with two attached hydrogens (primary N) is 2. The van der Waals surface area contributed by atoms with Crippen molar-refractivity contribution < 1.29 is 9.72 Å². The van der Waals surface area contributed by atoms with E-state index >= 15 is 0 Å². The number of nitro groups is 1. The molecule has 0 aromatic heterocycles. The zero-order valence-electron chi connectivity index (χ0n) is 13.0. The number of amides is 1. The van der Waals surface area contributed by atoms with Crippen LogP contribution in [0.15, 0.2) is 18.2 Å². The molecular formula is C13H23N5O3. The lowest BCUT2D eigenvalue weighted by atomic mass is 10.1. The van der Waals surface area contributed by atoms with Crippen molar-refractivity contribution in [3.8, 4) is 0 Å². The van der Waals surface area contributed by atoms with E-state index in [0.29, 0.717) is 11.4 Å². The van der Waals surface area contributed by atoms with E-state index in [0.717, 1.165) is 0 Å². The number of likely N-dealkylation sites (N-methyl/N-ethyl adjacent to an activating group) is 1. The van der Waals surface area contributed by atoms with Crippen LogP contribution in [0.5, 0.6) is 0 Å². The number of hydrogen-bond acceptors (Lipinski definition) is 6. The zero-order chi connectivity index (χ0) is 16.8. The largest absolute Gasteiger partial charge is 0.399 e. The Balaban J connectivity index is 0.000000433. The Kier molecular flexibility index (Phi) is 6.60. The second-order valence-corrected chi connectivity index (χ2v) is 5.14. The maximum Gasteiger partial charge on any atom is 0.292 e. The van der Waals surface area contributed by atoms with Gasteiger partial charge in [-0.1, -0.05) is 0 Å². The molecule has 0 heterocycles. The molecule has 0 saturated carbocycles. The van der Waals surface area contributed by atoms with E-state index in [4.69, 9.17) is 11.5 Å². The molecule has 8 heteroatoms. The molecule has 0 saturated heterocycles. The zero-order valence-corrected chi connectivity index (χ0v) is 13.0. The van der Waals surface area contributed by atoms with Gasteiger partial charge in [-0.05, 0) is 33.0 Å². The molecule has 8 nitrogen and oxygen atoms in total. The summed E-state index contributed by atoms with van der Waals surface area (Å²) in [5.74, 6) is -0.333. The van der Waals surface area contributed by atoms with Gasteiger partial charge in [-0.15, -0.1) is 0 Å². The summed E-state index contributed by atoms with van der Waals surface area (Å²) in [6, 6.07) is 4.51. The van der Waals surface area contributed by atoms with E-state index in [2.05, 4.69) is 5.32 Å². The predicted molar refractivity (Wildman–Crippen MR) is 84.2 cm³/mol. The fourth-order valence-electron chi connectivity index (χ4n) is 1.18. The molecule has 0 unspecified atom stereocenters. The van der Waals surface area contributed by atoms with Gasteiger partial charge in [0.15, 0.2) is 0 Å². The van der Waals surface area contributed by atoms with Crippen molar-refractivity contribution in [3.63, 3.8) is 0 Å². The van der Waals surface area contributed by atoms with Crippen molar-refractivity contribution in [2.45, 2.75) is 19.4 Å². The third kappa shape index (κ3) is 5.65. The monoisotopic (exact) mass is 297 g/mol. The summed E-state index contributed by atoms with van der Waals surface area (Å²) in [4.78, 5) is 22.2. The quantitative estimate of drug-likeness (QED) is 0.426. The van der Waals surface area contributed by atoms with Crippen LogP contribution < -0.4 is 21.7 Å². The maximum absolute atomic E-state index is 10.6. The summed E-state index contributed by atoms with van der Waals surface area (Å²) < 4.78 is 0. The molecular weight excluding hydrogens is 274 g/mol. The number of nitro benzene ring substituents is 1. The van der Waals surface area contributed by atoms with Crippen LogP contribution in [-0.4, -0.2) is 37.5 Å². The van der Waals surface area contributed by atoms with Gasteiger partial charge < -0.3 is 21.7 Å². The molecule has 0 radical (unpaired) electrons. The summed E-state index contributed by atoms with van der Waals surface area (Å²) in [6.45, 7) is 3.46. The smallest absolute Gasteiger partial charge is 0.292 e. The van der Waals surface area contributed by atoms with Crippen molar-refractivity contribution in [2.75, 3.05) is 31.8 Å². The highest BCUT2D eigenvalue weighted by Gasteiger charge is 2.20. The lowest BCUT2D eigenvalue weighted by Crippen LogP contribution is -2.48. The maximum atomic E-state index is 10.6. The Bertz CT molecular complexity index is 515. The van der Waals surface area contributed by atoms with E-state index in [9.17, 15) is 14.9 Å². The van der Waals surface area contributed by atoms with Gasteiger partial charge in [0.05, 0.1) is 10.5 Å². The number of nitrogens with zero attached hydrogens (tertiary/aromatic N) is 2. The third-order valence-electron chi connectivity index (χ3n) is 2.92. The fourth-order valence-corrected chi connectivity index (χ4v) is 1.18. The second kappa shape index (κ2) is 7.44. The Morgan fingerprint density at radius 1 is 1.38 bits per heavy atom. The van der Waals surface area contributed by atoms with Gasteiger partial charge in [-0.3, -0.25) is 14.9 Å². The van der Waals surface area contributed by atoms with Crippen LogP contribution in [-0.2, 0) is 4.79 Å². The minimum atomic E-state index is -0.569. The van der Waals surface area contributed by atoms with Crippen molar-refractivity contribution >= 4 is 23.0 Å². The molecule has 1 aromatic carbocycles. The first-order valence-corrected chi connectivity index (χ1v) is 6.23. The average molecular weight is 297 g/mol. The molecule has 0 aliphatic heterocycles. The molecule has 0 bridgehead atoms. The average Bonchev–Trinajstić information content (AvgIpc) is 2.38. The van der Waals surface area contributed by atoms with Gasteiger partial charge in [0.25, 0.3) is 5.69 Å². The number of carbonyl (C=O) groups excluding carboxylic acids is 1. The molecule has 1 aromatic rings. The Labute approximate surface area is 124 Å². The fraction of sp³-hybridized carbons (Fsp3) is 0.462. The van der Waals surface area contributed by atoms with Gasteiger partial charge in [-0.2, -0.15) is 0 Å². The summed E-state index contributed by atoms with van der Waals surface area (Å²) in [6.07, 6.45) is 0. The van der Waals surface area contributed by atoms with Gasteiger partial charge in [0.2, 0.25) is 5.91 Å². The first kappa shape index (κ1) is 18.7. The third-order valence-corrected chi connectivity index (χ3v) is 2.92. The Morgan fingerprint density at radius 2 is 1.90 bits per heavy atom. The van der Waals surface area contributed by atoms with Crippen molar-refractivity contribution in [3.05, 3.63) is 28.3 Å². The number of benzene rings is 1. The highest BCUT2D eigenvalue weighted by Crippen LogP contribution is 2.28. The Hall–Kier alpha value is -2.35. The topological polar surface area (TPSA) is 128 Å². The van der Waals surface area contributed by atoms with E-state index in [1.54, 1.807) is 46.0 Å². The summed E-state index contributed by atoms with van der Waals surface area (Å²) in [5.41, 5.74) is 11.0. The number of nitrogens with one attached hydrogen (secondary N) is 1. The number of nitrogen functional groups attached to an aromatic ring is 1. The first-order chi connectivity index (χ1) is 9.52. The standard InChI is InChI=1S/C8H11N3O2.C5H12N2O/c1-10(2)8-5-6(9)3-4-7(8)11(12)13;1-5(2,7-3)4(6)8/h3-5H,9H2,1-2H3;7H,1-3H3,(H2,6,8). The summed E-state index contributed by atoms with van der Waals surface area (Å²) in [7, 11) is 5.17. The highest BCUT2D eigenvalue weighted by atomic mass is 16.6. The van der Waals surface area contributed by atoms with Crippen LogP contribution in [0.25, 0.3) is 0 Å². The van der Waals surface area contributed by atoms with Crippen molar-refractivity contribution in [2.24, 2.45) is 5.73 Å². The second-order valence-electron chi connectivity index (χ2n) is 5.14. The van der Waals surface area contributed by atoms with Crippen LogP contribution in [0.3, 0.4) is 0 Å². The number of carbonyl (C=O) groups is 1. The van der Waals surface area contributed by atoms with Gasteiger partial charge in [-0.25, -0.2) is 0 Å². The minimum Gasteiger partial charge on any atom is -0.399 e. The SMILES string of the molecule is CN(C)c1cc(N)ccc1[N+](=O)[O-].CNC(C)(C)C(N)=O. The van der Waals surface area contributed by atoms with E-state index in [1.807, 2.05) is 0 Å². The lowest BCUT2D eigenvalue weighted by Gasteiger charge is -2.18. The Morgan fingerprint density at radius 3 is 2.19 bits per heavy atom. The van der Waals surface area contributed by atoms with Crippen LogP contribution >= 0.6 is 0 Å². The van der Waals surface area contributed by atoms with Gasteiger partial charge >= 0.3 is 0 Å². The summed E-state index contributed by atoms with van der Waals surface area (Å²) >= 11 is 0. The highest BCUT2D eigenvalue weighted by molar-refractivity contribution is 5.83. The van der Waals surface area contributed by atoms with Crippen molar-refractivity contribution in [1.82, 2.24) is 5.32 Å². The number of anilines is 2. The predicted octanol–water partition coefficient (Wildman–Crippen LogP) is 0.713. The normalized spacial score (nSPS) is 10.3. The molecule has 1 rings (SSSR count). The summed E-state index contributed by atoms with van der Waals surface area (Å²) in [5, 5.41) is 13.3. The van der Waals surface area contributed by atoms with E-state index in [-0.39, 0.29) is 11.6 Å². The first-order valence-electron chi connectivity index (χ1n) is 6.23. The van der Waals surface area contributed by atoms with Crippen LogP contribution in [0.2, 0.25) is 0 Å². The number of rotatable bonds is 4. The molecule has 0 atom stereocenters. The van der Waals surface area contributed by atoms with Crippen LogP contribution in [0, 0.1) is 10.1 Å². The van der Waals surface area contributed by atoms with E-state index in [1.165, 1.54) is 12.1 Å². The molecule has 0 spiro atoms. The lowest BCUT2D eigenvalue weighted by molar-refractivity contribution is -0.384. The van der Waals surface area contributed by atoms with Crippen LogP contribution in [0.1, 0.15) is 13.8 Å². The number of hydrogen-bond donors (Lipinski definition) is 3. The molecule has 5 N–H and O–H groups in total. The molecule has 21 heavy (non-hydrogen) atoms. The van der Waals surface area contributed by atoms with Crippen LogP contribution in [0.4, 0.5) is 17.1 Å². The number of primary amides is 1. The van der Waals surface area contributed by atoms with Gasteiger partial charge in [0, 0.05) is 25.8 Å². The minimum absolute atomic E-state index is 0.0687. The van der Waals surface area contributed by atoms with Gasteiger partial charge in [0.1, 0.15) is 5.69 Å². The molecule has 0 aliphatic rings.